The number of fused-ring (bicyclic) bond motifs is 4. The average Bonchev–Trinajstić information content (AvgIpc) is 3.40. The molecule has 0 saturated heterocycles. The number of hydrogen-bond donors (Lipinski definition) is 0. The number of benzene rings is 7. The Labute approximate surface area is 245 Å². The van der Waals surface area contributed by atoms with E-state index >= 15 is 0 Å². The minimum absolute atomic E-state index is 1.11. The van der Waals surface area contributed by atoms with Crippen molar-refractivity contribution in [1.29, 1.82) is 0 Å². The van der Waals surface area contributed by atoms with Gasteiger partial charge in [0.1, 0.15) is 0 Å². The summed E-state index contributed by atoms with van der Waals surface area (Å²) in [7, 11) is 0. The lowest BCUT2D eigenvalue weighted by atomic mass is 10.0. The molecular weight excluding hydrogens is 508 g/mol. The average molecular weight is 537 g/mol. The Hall–Kier alpha value is -5.60. The first kappa shape index (κ1) is 24.2. The minimum atomic E-state index is 1.11. The fourth-order valence-corrected chi connectivity index (χ4v) is 6.17. The van der Waals surface area contributed by atoms with Gasteiger partial charge in [-0.05, 0) is 82.6 Å². The Balaban J connectivity index is 1.28. The Morgan fingerprint density at radius 1 is 0.357 bits per heavy atom. The van der Waals surface area contributed by atoms with Crippen molar-refractivity contribution in [3.63, 3.8) is 0 Å². The lowest BCUT2D eigenvalue weighted by Gasteiger charge is -2.26. The standard InChI is InChI=1S/C40H28N2/c1-2-11-29(12-3-1)32-15-10-16-35(27-32)41(36-22-21-30-13-4-5-14-31(30)28-36)33-23-25-34(26-24-33)42-39-19-8-6-17-37(39)38-18-7-9-20-40(38)42/h1-28H. The maximum Gasteiger partial charge on any atom is 0.0541 e. The quantitative estimate of drug-likeness (QED) is 0.212. The molecular formula is C40H28N2. The van der Waals surface area contributed by atoms with E-state index in [2.05, 4.69) is 179 Å². The molecule has 0 spiro atoms. The van der Waals surface area contributed by atoms with E-state index in [0.717, 1.165) is 22.7 Å². The molecule has 42 heavy (non-hydrogen) atoms. The van der Waals surface area contributed by atoms with Crippen molar-refractivity contribution in [1.82, 2.24) is 4.57 Å². The smallest absolute Gasteiger partial charge is 0.0541 e. The number of para-hydroxylation sites is 2. The summed E-state index contributed by atoms with van der Waals surface area (Å²) in [6, 6.07) is 60.9. The third kappa shape index (κ3) is 4.13. The van der Waals surface area contributed by atoms with Crippen molar-refractivity contribution in [3.05, 3.63) is 170 Å². The summed E-state index contributed by atoms with van der Waals surface area (Å²) >= 11 is 0. The summed E-state index contributed by atoms with van der Waals surface area (Å²) in [5.74, 6) is 0. The molecule has 0 aliphatic carbocycles. The van der Waals surface area contributed by atoms with Crippen LogP contribution in [0.5, 0.6) is 0 Å². The second kappa shape index (κ2) is 10.1. The van der Waals surface area contributed by atoms with E-state index in [9.17, 15) is 0 Å². The largest absolute Gasteiger partial charge is 0.310 e. The third-order valence-electron chi connectivity index (χ3n) is 8.15. The topological polar surface area (TPSA) is 8.17 Å². The highest BCUT2D eigenvalue weighted by Gasteiger charge is 2.16. The maximum absolute atomic E-state index is 2.37. The summed E-state index contributed by atoms with van der Waals surface area (Å²) in [6.45, 7) is 0. The molecule has 1 heterocycles. The molecule has 0 N–H and O–H groups in total. The zero-order valence-electron chi connectivity index (χ0n) is 23.1. The molecule has 0 fully saturated rings. The first-order chi connectivity index (χ1) is 20.8. The van der Waals surface area contributed by atoms with Gasteiger partial charge in [0.2, 0.25) is 0 Å². The molecule has 2 heteroatoms. The molecule has 2 nitrogen and oxygen atoms in total. The zero-order chi connectivity index (χ0) is 27.9. The van der Waals surface area contributed by atoms with E-state index in [1.807, 2.05) is 0 Å². The summed E-state index contributed by atoms with van der Waals surface area (Å²) < 4.78 is 2.37. The Kier molecular flexibility index (Phi) is 5.82. The van der Waals surface area contributed by atoms with Crippen molar-refractivity contribution >= 4 is 49.6 Å². The summed E-state index contributed by atoms with van der Waals surface area (Å²) in [4.78, 5) is 2.36. The molecule has 7 aromatic carbocycles. The molecule has 0 radical (unpaired) electrons. The van der Waals surface area contributed by atoms with Gasteiger partial charge in [-0.2, -0.15) is 0 Å². The van der Waals surface area contributed by atoms with Crippen molar-refractivity contribution < 1.29 is 0 Å². The van der Waals surface area contributed by atoms with Crippen LogP contribution in [0, 0.1) is 0 Å². The van der Waals surface area contributed by atoms with E-state index in [-0.39, 0.29) is 0 Å². The number of hydrogen-bond acceptors (Lipinski definition) is 1. The fraction of sp³-hybridized carbons (Fsp3) is 0. The first-order valence-electron chi connectivity index (χ1n) is 14.4. The van der Waals surface area contributed by atoms with Crippen molar-refractivity contribution in [3.8, 4) is 16.8 Å². The van der Waals surface area contributed by atoms with Gasteiger partial charge in [0.05, 0.1) is 11.0 Å². The molecule has 8 aromatic rings. The van der Waals surface area contributed by atoms with E-state index in [1.54, 1.807) is 0 Å². The van der Waals surface area contributed by atoms with E-state index < -0.39 is 0 Å². The van der Waals surface area contributed by atoms with Crippen LogP contribution in [0.4, 0.5) is 17.1 Å². The minimum Gasteiger partial charge on any atom is -0.310 e. The Morgan fingerprint density at radius 2 is 0.929 bits per heavy atom. The van der Waals surface area contributed by atoms with Crippen molar-refractivity contribution in [2.75, 3.05) is 4.90 Å². The van der Waals surface area contributed by atoms with Gasteiger partial charge in [-0.25, -0.2) is 0 Å². The maximum atomic E-state index is 2.37. The van der Waals surface area contributed by atoms with Gasteiger partial charge in [0.15, 0.2) is 0 Å². The van der Waals surface area contributed by atoms with E-state index in [4.69, 9.17) is 0 Å². The van der Waals surface area contributed by atoms with Gasteiger partial charge in [-0.3, -0.25) is 0 Å². The van der Waals surface area contributed by atoms with Crippen LogP contribution in [0.2, 0.25) is 0 Å². The molecule has 8 rings (SSSR count). The van der Waals surface area contributed by atoms with Gasteiger partial charge in [-0.1, -0.05) is 109 Å². The lowest BCUT2D eigenvalue weighted by Crippen LogP contribution is -2.10. The SMILES string of the molecule is c1ccc(-c2cccc(N(c3ccc(-n4c5ccccc5c5ccccc54)cc3)c3ccc4ccccc4c3)c2)cc1. The highest BCUT2D eigenvalue weighted by Crippen LogP contribution is 2.39. The van der Waals surface area contributed by atoms with E-state index in [0.29, 0.717) is 0 Å². The molecule has 0 atom stereocenters. The zero-order valence-corrected chi connectivity index (χ0v) is 23.1. The van der Waals surface area contributed by atoms with Crippen LogP contribution in [0.1, 0.15) is 0 Å². The molecule has 0 saturated carbocycles. The lowest BCUT2D eigenvalue weighted by molar-refractivity contribution is 1.17. The highest BCUT2D eigenvalue weighted by molar-refractivity contribution is 6.09. The second-order valence-corrected chi connectivity index (χ2v) is 10.7. The molecule has 0 aliphatic heterocycles. The van der Waals surface area contributed by atoms with Crippen molar-refractivity contribution in [2.24, 2.45) is 0 Å². The van der Waals surface area contributed by atoms with Crippen LogP contribution >= 0.6 is 0 Å². The molecule has 198 valence electrons. The highest BCUT2D eigenvalue weighted by atomic mass is 15.1. The molecule has 0 aliphatic rings. The van der Waals surface area contributed by atoms with Gasteiger partial charge in [0, 0.05) is 33.5 Å². The number of aromatic nitrogens is 1. The predicted octanol–water partition coefficient (Wildman–Crippen LogP) is 11.1. The molecule has 0 bridgehead atoms. The monoisotopic (exact) mass is 536 g/mol. The van der Waals surface area contributed by atoms with Crippen molar-refractivity contribution in [2.45, 2.75) is 0 Å². The van der Waals surface area contributed by atoms with Crippen LogP contribution in [-0.4, -0.2) is 4.57 Å². The van der Waals surface area contributed by atoms with Gasteiger partial charge < -0.3 is 9.47 Å². The molecule has 0 amide bonds. The van der Waals surface area contributed by atoms with Crippen LogP contribution in [0.25, 0.3) is 49.4 Å². The predicted molar refractivity (Wildman–Crippen MR) is 178 cm³/mol. The third-order valence-corrected chi connectivity index (χ3v) is 8.15. The summed E-state index contributed by atoms with van der Waals surface area (Å²) in [5, 5.41) is 5.00. The van der Waals surface area contributed by atoms with Crippen LogP contribution < -0.4 is 4.90 Å². The molecule has 1 aromatic heterocycles. The molecule has 0 unspecified atom stereocenters. The van der Waals surface area contributed by atoms with Gasteiger partial charge in [-0.15, -0.1) is 0 Å². The van der Waals surface area contributed by atoms with Crippen LogP contribution in [-0.2, 0) is 0 Å². The number of nitrogens with zero attached hydrogens (tertiary/aromatic N) is 2. The Bertz CT molecular complexity index is 2140. The van der Waals surface area contributed by atoms with E-state index in [1.165, 1.54) is 43.7 Å². The first-order valence-corrected chi connectivity index (χ1v) is 14.4. The summed E-state index contributed by atoms with van der Waals surface area (Å²) in [5.41, 5.74) is 9.34. The number of rotatable bonds is 5. The summed E-state index contributed by atoms with van der Waals surface area (Å²) in [6.07, 6.45) is 0. The Morgan fingerprint density at radius 3 is 1.67 bits per heavy atom. The van der Waals surface area contributed by atoms with Gasteiger partial charge >= 0.3 is 0 Å². The number of anilines is 3. The second-order valence-electron chi connectivity index (χ2n) is 10.7. The van der Waals surface area contributed by atoms with Crippen LogP contribution in [0.3, 0.4) is 0 Å². The normalized spacial score (nSPS) is 11.3. The fourth-order valence-electron chi connectivity index (χ4n) is 6.17. The van der Waals surface area contributed by atoms with Gasteiger partial charge in [0.25, 0.3) is 0 Å². The van der Waals surface area contributed by atoms with Crippen LogP contribution in [0.15, 0.2) is 170 Å².